The van der Waals surface area contributed by atoms with Crippen molar-refractivity contribution >= 4 is 44.4 Å². The summed E-state index contributed by atoms with van der Waals surface area (Å²) in [5.41, 5.74) is 19.9. The molecule has 1 aliphatic carbocycles. The van der Waals surface area contributed by atoms with E-state index >= 15 is 0 Å². The first-order valence-corrected chi connectivity index (χ1v) is 12.8. The summed E-state index contributed by atoms with van der Waals surface area (Å²) in [5, 5.41) is 0. The van der Waals surface area contributed by atoms with Crippen LogP contribution in [0.5, 0.6) is 0 Å². The number of hydrogen-bond donors (Lipinski definition) is 0. The summed E-state index contributed by atoms with van der Waals surface area (Å²) in [5.74, 6) is 0. The number of aryl methyl sites for hydroxylation is 5. The SMILES string of the molecule is CCC1=C(C)c2cc3[n-]c(cc4nc(c5c6[n-]c(cc1n2)c(C)c6CC5)C(CC)=C4C)c(C)c3C.[Ni+2]. The van der Waals surface area contributed by atoms with Crippen LogP contribution in [0.2, 0.25) is 0 Å². The third-order valence-corrected chi connectivity index (χ3v) is 8.39. The number of allylic oxidation sites excluding steroid dienone is 4. The number of hydrogen-bond acceptors (Lipinski definition) is 2. The largest absolute Gasteiger partial charge is 2.00 e. The van der Waals surface area contributed by atoms with Gasteiger partial charge in [0.25, 0.3) is 0 Å². The maximum atomic E-state index is 5.21. The maximum absolute atomic E-state index is 5.21. The van der Waals surface area contributed by atoms with Crippen molar-refractivity contribution in [3.8, 4) is 0 Å². The van der Waals surface area contributed by atoms with E-state index in [0.717, 1.165) is 70.5 Å². The first-order valence-electron chi connectivity index (χ1n) is 12.8. The van der Waals surface area contributed by atoms with Crippen LogP contribution < -0.4 is 9.97 Å². The molecule has 3 aromatic heterocycles. The van der Waals surface area contributed by atoms with E-state index in [-0.39, 0.29) is 16.5 Å². The summed E-state index contributed by atoms with van der Waals surface area (Å²) < 4.78 is 0. The van der Waals surface area contributed by atoms with Crippen molar-refractivity contribution < 1.29 is 16.5 Å². The van der Waals surface area contributed by atoms with Gasteiger partial charge in [-0.15, -0.1) is 22.1 Å². The minimum Gasteiger partial charge on any atom is -0.657 e. The molecule has 0 amide bonds. The van der Waals surface area contributed by atoms with E-state index in [1.807, 2.05) is 0 Å². The molecule has 4 nitrogen and oxygen atoms in total. The van der Waals surface area contributed by atoms with Crippen LogP contribution in [0.3, 0.4) is 0 Å². The van der Waals surface area contributed by atoms with Crippen molar-refractivity contribution in [3.63, 3.8) is 0 Å². The van der Waals surface area contributed by atoms with E-state index < -0.39 is 0 Å². The minimum absolute atomic E-state index is 0. The van der Waals surface area contributed by atoms with Gasteiger partial charge in [0.15, 0.2) is 0 Å². The Morgan fingerprint density at radius 1 is 0.639 bits per heavy atom. The van der Waals surface area contributed by atoms with Crippen molar-refractivity contribution in [3.05, 3.63) is 68.8 Å². The minimum atomic E-state index is 0. The second-order valence-corrected chi connectivity index (χ2v) is 10.1. The van der Waals surface area contributed by atoms with Gasteiger partial charge in [-0.05, 0) is 88.2 Å². The molecule has 6 rings (SSSR count). The van der Waals surface area contributed by atoms with Gasteiger partial charge < -0.3 is 9.97 Å². The van der Waals surface area contributed by atoms with Crippen molar-refractivity contribution in [2.45, 2.75) is 74.1 Å². The zero-order valence-electron chi connectivity index (χ0n) is 22.2. The second-order valence-electron chi connectivity index (χ2n) is 10.1. The van der Waals surface area contributed by atoms with Gasteiger partial charge in [-0.3, -0.25) is 0 Å². The zero-order chi connectivity index (χ0) is 24.6. The van der Waals surface area contributed by atoms with Gasteiger partial charge in [-0.2, -0.15) is 0 Å². The fourth-order valence-corrected chi connectivity index (χ4v) is 6.01. The Hall–Kier alpha value is -2.91. The van der Waals surface area contributed by atoms with Gasteiger partial charge in [0, 0.05) is 0 Å². The fraction of sp³-hybridized carbons (Fsp3) is 0.355. The first-order chi connectivity index (χ1) is 16.8. The molecule has 2 aliphatic heterocycles. The third kappa shape index (κ3) is 3.47. The Labute approximate surface area is 223 Å². The summed E-state index contributed by atoms with van der Waals surface area (Å²) in [6.07, 6.45) is 3.94. The van der Waals surface area contributed by atoms with Crippen molar-refractivity contribution in [1.82, 2.24) is 19.9 Å². The molecule has 0 saturated carbocycles. The Morgan fingerprint density at radius 2 is 1.17 bits per heavy atom. The average Bonchev–Trinajstić information content (AvgIpc) is 3.59. The number of aromatic nitrogens is 4. The van der Waals surface area contributed by atoms with Crippen molar-refractivity contribution in [1.29, 1.82) is 0 Å². The summed E-state index contributed by atoms with van der Waals surface area (Å²) in [6, 6.07) is 6.53. The number of rotatable bonds is 2. The zero-order valence-corrected chi connectivity index (χ0v) is 23.2. The molecule has 0 spiro atoms. The van der Waals surface area contributed by atoms with E-state index in [0.29, 0.717) is 0 Å². The smallest absolute Gasteiger partial charge is 0.657 e. The monoisotopic (exact) mass is 518 g/mol. The Balaban J connectivity index is 0.00000267. The van der Waals surface area contributed by atoms with E-state index in [2.05, 4.69) is 66.7 Å². The van der Waals surface area contributed by atoms with Crippen LogP contribution in [0.4, 0.5) is 0 Å². The third-order valence-electron chi connectivity index (χ3n) is 8.39. The van der Waals surface area contributed by atoms with Crippen LogP contribution >= 0.6 is 0 Å². The molecule has 8 bridgehead atoms. The number of fused-ring (bicyclic) bond motifs is 8. The molecule has 0 saturated heterocycles. The summed E-state index contributed by atoms with van der Waals surface area (Å²) in [4.78, 5) is 20.5. The van der Waals surface area contributed by atoms with Gasteiger partial charge >= 0.3 is 16.5 Å². The maximum Gasteiger partial charge on any atom is 2.00 e. The summed E-state index contributed by atoms with van der Waals surface area (Å²) in [6.45, 7) is 15.4. The van der Waals surface area contributed by atoms with Crippen LogP contribution in [-0.2, 0) is 29.3 Å². The predicted molar refractivity (Wildman–Crippen MR) is 146 cm³/mol. The Morgan fingerprint density at radius 3 is 1.81 bits per heavy atom. The van der Waals surface area contributed by atoms with Crippen LogP contribution in [0, 0.1) is 20.8 Å². The predicted octanol–water partition coefficient (Wildman–Crippen LogP) is 7.28. The normalized spacial score (nSPS) is 14.6. The van der Waals surface area contributed by atoms with Crippen molar-refractivity contribution in [2.75, 3.05) is 0 Å². The topological polar surface area (TPSA) is 54.0 Å². The number of nitrogens with zero attached hydrogens (tertiary/aromatic N) is 4. The standard InChI is InChI=1S/C31H32N4.Ni/c1-8-20-17(5)26-12-24-15(3)16(4)25(32-24)13-27-18(6)21(9-2)30(34-27)23-11-10-22-19(7)28(35-31(22)23)14-29(20)33-26;/h12-14H,8-11H2,1-7H3;/q-2;+2. The molecule has 0 fully saturated rings. The molecule has 0 atom stereocenters. The molecule has 0 N–H and O–H groups in total. The van der Waals surface area contributed by atoms with Gasteiger partial charge in [0.1, 0.15) is 0 Å². The van der Waals surface area contributed by atoms with Crippen LogP contribution in [0.1, 0.15) is 91.1 Å². The fourth-order valence-electron chi connectivity index (χ4n) is 6.01. The van der Waals surface area contributed by atoms with E-state index in [9.17, 15) is 0 Å². The van der Waals surface area contributed by atoms with Crippen LogP contribution in [0.25, 0.3) is 44.4 Å². The van der Waals surface area contributed by atoms with Crippen molar-refractivity contribution in [2.24, 2.45) is 0 Å². The molecule has 3 aromatic rings. The molecule has 3 aliphatic rings. The molecule has 0 unspecified atom stereocenters. The Kier molecular flexibility index (Phi) is 6.11. The molecular weight excluding hydrogens is 487 g/mol. The average molecular weight is 519 g/mol. The molecule has 5 heterocycles. The van der Waals surface area contributed by atoms with E-state index in [4.69, 9.17) is 19.9 Å². The molecular formula is C31H32N4Ni. The van der Waals surface area contributed by atoms with E-state index in [1.165, 1.54) is 50.1 Å². The molecule has 0 aromatic carbocycles. The van der Waals surface area contributed by atoms with Gasteiger partial charge in [-0.1, -0.05) is 54.3 Å². The summed E-state index contributed by atoms with van der Waals surface area (Å²) in [7, 11) is 0. The summed E-state index contributed by atoms with van der Waals surface area (Å²) >= 11 is 0. The van der Waals surface area contributed by atoms with Gasteiger partial charge in [-0.25, -0.2) is 9.97 Å². The molecule has 36 heavy (non-hydrogen) atoms. The van der Waals surface area contributed by atoms with E-state index in [1.54, 1.807) is 0 Å². The second kappa shape index (κ2) is 8.89. The molecule has 186 valence electrons. The van der Waals surface area contributed by atoms with Gasteiger partial charge in [0.2, 0.25) is 0 Å². The Bertz CT molecular complexity index is 1660. The quantitative estimate of drug-likeness (QED) is 0.334. The molecule has 0 radical (unpaired) electrons. The first kappa shape index (κ1) is 24.8. The van der Waals surface area contributed by atoms with Gasteiger partial charge in [0.05, 0.1) is 22.8 Å². The van der Waals surface area contributed by atoms with Crippen LogP contribution in [0.15, 0.2) is 18.2 Å². The molecule has 5 heteroatoms. The van der Waals surface area contributed by atoms with Crippen LogP contribution in [-0.4, -0.2) is 9.97 Å².